The van der Waals surface area contributed by atoms with Gasteiger partial charge >= 0.3 is 0 Å². The summed E-state index contributed by atoms with van der Waals surface area (Å²) in [6.07, 6.45) is 0. The summed E-state index contributed by atoms with van der Waals surface area (Å²) in [4.78, 5) is 0. The highest BCUT2D eigenvalue weighted by Crippen LogP contribution is 2.20. The van der Waals surface area contributed by atoms with Gasteiger partial charge in [0.1, 0.15) is 5.82 Å². The first-order valence-electron chi connectivity index (χ1n) is 5.16. The fourth-order valence-electron chi connectivity index (χ4n) is 1.21. The quantitative estimate of drug-likeness (QED) is 0.855. The van der Waals surface area contributed by atoms with Crippen LogP contribution in [0, 0.1) is 12.7 Å². The SMILES string of the molecule is Cc1cc(Cl)c(CNC(C)(C)CO)cc1F. The molecule has 0 spiro atoms. The van der Waals surface area contributed by atoms with Crippen molar-refractivity contribution < 1.29 is 9.50 Å². The lowest BCUT2D eigenvalue weighted by atomic mass is 10.1. The van der Waals surface area contributed by atoms with E-state index in [0.717, 1.165) is 0 Å². The van der Waals surface area contributed by atoms with Gasteiger partial charge in [-0.2, -0.15) is 0 Å². The number of hydrogen-bond donors (Lipinski definition) is 2. The molecule has 0 atom stereocenters. The molecule has 1 aromatic rings. The van der Waals surface area contributed by atoms with E-state index in [1.807, 2.05) is 13.8 Å². The molecule has 4 heteroatoms. The van der Waals surface area contributed by atoms with Crippen LogP contribution < -0.4 is 5.32 Å². The lowest BCUT2D eigenvalue weighted by Gasteiger charge is -2.24. The summed E-state index contributed by atoms with van der Waals surface area (Å²) in [5, 5.41) is 12.7. The molecule has 0 saturated carbocycles. The van der Waals surface area contributed by atoms with Crippen molar-refractivity contribution in [2.75, 3.05) is 6.61 Å². The number of nitrogens with one attached hydrogen (secondary N) is 1. The van der Waals surface area contributed by atoms with Crippen LogP contribution in [0.5, 0.6) is 0 Å². The minimum Gasteiger partial charge on any atom is -0.394 e. The second-order valence-corrected chi connectivity index (χ2v) is 5.00. The summed E-state index contributed by atoms with van der Waals surface area (Å²) in [5.74, 6) is -0.261. The summed E-state index contributed by atoms with van der Waals surface area (Å²) >= 11 is 6.00. The van der Waals surface area contributed by atoms with Crippen LogP contribution in [0.4, 0.5) is 4.39 Å². The predicted molar refractivity (Wildman–Crippen MR) is 64.2 cm³/mol. The standard InChI is InChI=1S/C12H17ClFNO/c1-8-4-10(13)9(5-11(8)14)6-15-12(2,3)7-16/h4-5,15-16H,6-7H2,1-3H3. The Hall–Kier alpha value is -0.640. The Morgan fingerprint density at radius 1 is 1.44 bits per heavy atom. The third-order valence-electron chi connectivity index (χ3n) is 2.48. The number of aliphatic hydroxyl groups is 1. The summed E-state index contributed by atoms with van der Waals surface area (Å²) in [6.45, 7) is 5.86. The van der Waals surface area contributed by atoms with Crippen LogP contribution in [0.2, 0.25) is 5.02 Å². The van der Waals surface area contributed by atoms with E-state index in [1.54, 1.807) is 13.0 Å². The van der Waals surface area contributed by atoms with Gasteiger partial charge in [-0.1, -0.05) is 11.6 Å². The van der Waals surface area contributed by atoms with Gasteiger partial charge in [-0.05, 0) is 44.0 Å². The van der Waals surface area contributed by atoms with Crippen LogP contribution in [-0.4, -0.2) is 17.3 Å². The van der Waals surface area contributed by atoms with E-state index in [-0.39, 0.29) is 12.4 Å². The first kappa shape index (κ1) is 13.4. The zero-order valence-corrected chi connectivity index (χ0v) is 10.5. The number of benzene rings is 1. The van der Waals surface area contributed by atoms with Crippen molar-refractivity contribution in [2.45, 2.75) is 32.9 Å². The van der Waals surface area contributed by atoms with Crippen molar-refractivity contribution in [3.8, 4) is 0 Å². The van der Waals surface area contributed by atoms with Gasteiger partial charge in [-0.3, -0.25) is 0 Å². The van der Waals surface area contributed by atoms with Gasteiger partial charge in [-0.15, -0.1) is 0 Å². The average Bonchev–Trinajstić information content (AvgIpc) is 2.22. The Balaban J connectivity index is 2.79. The molecule has 1 rings (SSSR count). The van der Waals surface area contributed by atoms with Crippen LogP contribution in [-0.2, 0) is 6.54 Å². The highest BCUT2D eigenvalue weighted by Gasteiger charge is 2.16. The number of hydrogen-bond acceptors (Lipinski definition) is 2. The van der Waals surface area contributed by atoms with Crippen LogP contribution >= 0.6 is 11.6 Å². The zero-order valence-electron chi connectivity index (χ0n) is 9.77. The van der Waals surface area contributed by atoms with Crippen LogP contribution in [0.3, 0.4) is 0 Å². The highest BCUT2D eigenvalue weighted by atomic mass is 35.5. The molecule has 0 radical (unpaired) electrons. The van der Waals surface area contributed by atoms with Gasteiger partial charge < -0.3 is 10.4 Å². The second-order valence-electron chi connectivity index (χ2n) is 4.59. The monoisotopic (exact) mass is 245 g/mol. The average molecular weight is 246 g/mol. The minimum absolute atomic E-state index is 0.0129. The van der Waals surface area contributed by atoms with E-state index < -0.39 is 5.54 Å². The molecule has 0 bridgehead atoms. The lowest BCUT2D eigenvalue weighted by Crippen LogP contribution is -2.42. The molecule has 90 valence electrons. The molecule has 0 fully saturated rings. The van der Waals surface area contributed by atoms with Gasteiger partial charge in [0.25, 0.3) is 0 Å². The van der Waals surface area contributed by atoms with E-state index in [2.05, 4.69) is 5.32 Å². The van der Waals surface area contributed by atoms with Crippen LogP contribution in [0.25, 0.3) is 0 Å². The van der Waals surface area contributed by atoms with E-state index in [0.29, 0.717) is 22.7 Å². The Kier molecular flexibility index (Phi) is 4.30. The lowest BCUT2D eigenvalue weighted by molar-refractivity contribution is 0.187. The maximum absolute atomic E-state index is 13.3. The largest absolute Gasteiger partial charge is 0.394 e. The molecule has 0 aromatic heterocycles. The maximum Gasteiger partial charge on any atom is 0.126 e. The first-order valence-corrected chi connectivity index (χ1v) is 5.54. The smallest absolute Gasteiger partial charge is 0.126 e. The normalized spacial score (nSPS) is 11.9. The number of rotatable bonds is 4. The molecule has 0 saturated heterocycles. The molecular weight excluding hydrogens is 229 g/mol. The van der Waals surface area contributed by atoms with Crippen molar-refractivity contribution in [2.24, 2.45) is 0 Å². The molecule has 1 aromatic carbocycles. The third kappa shape index (κ3) is 3.44. The molecule has 0 aliphatic carbocycles. The molecule has 2 nitrogen and oxygen atoms in total. The van der Waals surface area contributed by atoms with E-state index in [1.165, 1.54) is 6.07 Å². The Morgan fingerprint density at radius 2 is 2.06 bits per heavy atom. The van der Waals surface area contributed by atoms with Crippen molar-refractivity contribution >= 4 is 11.6 Å². The minimum atomic E-state index is -0.398. The molecule has 2 N–H and O–H groups in total. The van der Waals surface area contributed by atoms with E-state index in [4.69, 9.17) is 16.7 Å². The number of aryl methyl sites for hydroxylation is 1. The van der Waals surface area contributed by atoms with Gasteiger partial charge in [0.15, 0.2) is 0 Å². The Labute approximate surface area is 100 Å². The van der Waals surface area contributed by atoms with Crippen molar-refractivity contribution in [3.05, 3.63) is 34.1 Å². The molecule has 16 heavy (non-hydrogen) atoms. The van der Waals surface area contributed by atoms with E-state index >= 15 is 0 Å². The third-order valence-corrected chi connectivity index (χ3v) is 2.83. The molecule has 0 aliphatic rings. The number of aliphatic hydroxyl groups excluding tert-OH is 1. The maximum atomic E-state index is 13.3. The zero-order chi connectivity index (χ0) is 12.3. The highest BCUT2D eigenvalue weighted by molar-refractivity contribution is 6.31. The molecule has 0 amide bonds. The van der Waals surface area contributed by atoms with Crippen molar-refractivity contribution in [1.29, 1.82) is 0 Å². The molecule has 0 aliphatic heterocycles. The Morgan fingerprint density at radius 3 is 2.62 bits per heavy atom. The summed E-state index contributed by atoms with van der Waals surface area (Å²) < 4.78 is 13.3. The fraction of sp³-hybridized carbons (Fsp3) is 0.500. The number of halogens is 2. The van der Waals surface area contributed by atoms with Gasteiger partial charge in [0.05, 0.1) is 6.61 Å². The van der Waals surface area contributed by atoms with Gasteiger partial charge in [0.2, 0.25) is 0 Å². The molecule has 0 heterocycles. The second kappa shape index (κ2) is 5.13. The summed E-state index contributed by atoms with van der Waals surface area (Å²) in [7, 11) is 0. The van der Waals surface area contributed by atoms with Crippen LogP contribution in [0.1, 0.15) is 25.0 Å². The summed E-state index contributed by atoms with van der Waals surface area (Å²) in [6, 6.07) is 3.04. The topological polar surface area (TPSA) is 32.3 Å². The molecule has 0 unspecified atom stereocenters. The Bertz CT molecular complexity index is 380. The first-order chi connectivity index (χ1) is 7.35. The van der Waals surface area contributed by atoms with Gasteiger partial charge in [-0.25, -0.2) is 4.39 Å². The van der Waals surface area contributed by atoms with Gasteiger partial charge in [0, 0.05) is 17.1 Å². The van der Waals surface area contributed by atoms with Crippen LogP contribution in [0.15, 0.2) is 12.1 Å². The molecular formula is C12H17ClFNO. The van der Waals surface area contributed by atoms with E-state index in [9.17, 15) is 4.39 Å². The summed E-state index contributed by atoms with van der Waals surface area (Å²) in [5.41, 5.74) is 0.839. The van der Waals surface area contributed by atoms with Crippen molar-refractivity contribution in [1.82, 2.24) is 5.32 Å². The predicted octanol–water partition coefficient (Wildman–Crippen LogP) is 2.65. The van der Waals surface area contributed by atoms with Crippen molar-refractivity contribution in [3.63, 3.8) is 0 Å². The fourth-order valence-corrected chi connectivity index (χ4v) is 1.50.